The van der Waals surface area contributed by atoms with Crippen LogP contribution in [0.15, 0.2) is 24.3 Å². The van der Waals surface area contributed by atoms with Gasteiger partial charge in [-0.1, -0.05) is 12.1 Å². The summed E-state index contributed by atoms with van der Waals surface area (Å²) in [5.74, 6) is -3.28. The van der Waals surface area contributed by atoms with Crippen LogP contribution in [0.3, 0.4) is 0 Å². The fraction of sp³-hybridized carbons (Fsp3) is 0.462. The fourth-order valence-electron chi connectivity index (χ4n) is 2.14. The van der Waals surface area contributed by atoms with Gasteiger partial charge in [0.05, 0.1) is 17.5 Å². The SMILES string of the molecule is O=C(NCCc1ccc([N+](=O)[O-])cc1)C1CC(F)(F)CN1. The molecule has 0 aromatic heterocycles. The summed E-state index contributed by atoms with van der Waals surface area (Å²) in [5, 5.41) is 15.6. The van der Waals surface area contributed by atoms with Crippen LogP contribution in [0.4, 0.5) is 14.5 Å². The maximum atomic E-state index is 12.9. The van der Waals surface area contributed by atoms with Crippen LogP contribution in [0.5, 0.6) is 0 Å². The molecule has 1 amide bonds. The number of nitrogens with one attached hydrogen (secondary N) is 2. The summed E-state index contributed by atoms with van der Waals surface area (Å²) in [5.41, 5.74) is 0.825. The van der Waals surface area contributed by atoms with Crippen molar-refractivity contribution in [2.45, 2.75) is 24.8 Å². The van der Waals surface area contributed by atoms with E-state index in [1.807, 2.05) is 0 Å². The molecule has 1 aromatic rings. The van der Waals surface area contributed by atoms with Gasteiger partial charge in [-0.2, -0.15) is 0 Å². The van der Waals surface area contributed by atoms with Gasteiger partial charge in [0, 0.05) is 25.1 Å². The highest BCUT2D eigenvalue weighted by Gasteiger charge is 2.42. The van der Waals surface area contributed by atoms with Gasteiger partial charge in [-0.05, 0) is 12.0 Å². The molecule has 1 fully saturated rings. The zero-order chi connectivity index (χ0) is 15.5. The number of nitro groups is 1. The second kappa shape index (κ2) is 6.13. The number of benzene rings is 1. The highest BCUT2D eigenvalue weighted by Crippen LogP contribution is 2.24. The maximum Gasteiger partial charge on any atom is 0.269 e. The largest absolute Gasteiger partial charge is 0.354 e. The summed E-state index contributed by atoms with van der Waals surface area (Å²) in [6, 6.07) is 5.11. The van der Waals surface area contributed by atoms with E-state index in [2.05, 4.69) is 10.6 Å². The van der Waals surface area contributed by atoms with Crippen molar-refractivity contribution in [3.63, 3.8) is 0 Å². The molecule has 21 heavy (non-hydrogen) atoms. The Morgan fingerprint density at radius 3 is 2.62 bits per heavy atom. The van der Waals surface area contributed by atoms with Gasteiger partial charge in [-0.25, -0.2) is 8.78 Å². The van der Waals surface area contributed by atoms with Gasteiger partial charge in [-0.15, -0.1) is 0 Å². The lowest BCUT2D eigenvalue weighted by molar-refractivity contribution is -0.384. The van der Waals surface area contributed by atoms with Crippen molar-refractivity contribution in [2.24, 2.45) is 0 Å². The van der Waals surface area contributed by atoms with Gasteiger partial charge in [0.1, 0.15) is 0 Å². The summed E-state index contributed by atoms with van der Waals surface area (Å²) in [7, 11) is 0. The lowest BCUT2D eigenvalue weighted by Gasteiger charge is -2.11. The van der Waals surface area contributed by atoms with Crippen LogP contribution in [0.25, 0.3) is 0 Å². The average Bonchev–Trinajstić information content (AvgIpc) is 2.79. The first-order valence-electron chi connectivity index (χ1n) is 6.50. The van der Waals surface area contributed by atoms with Crippen LogP contribution in [0.1, 0.15) is 12.0 Å². The Morgan fingerprint density at radius 2 is 2.10 bits per heavy atom. The molecule has 1 saturated heterocycles. The summed E-state index contributed by atoms with van der Waals surface area (Å²) in [6.45, 7) is -0.187. The van der Waals surface area contributed by atoms with Gasteiger partial charge in [0.25, 0.3) is 11.6 Å². The molecule has 0 bridgehead atoms. The number of carbonyl (C=O) groups excluding carboxylic acids is 1. The smallest absolute Gasteiger partial charge is 0.269 e. The van der Waals surface area contributed by atoms with Crippen molar-refractivity contribution in [3.8, 4) is 0 Å². The first kappa shape index (κ1) is 15.3. The molecular weight excluding hydrogens is 284 g/mol. The minimum Gasteiger partial charge on any atom is -0.354 e. The highest BCUT2D eigenvalue weighted by atomic mass is 19.3. The number of amides is 1. The first-order valence-corrected chi connectivity index (χ1v) is 6.50. The van der Waals surface area contributed by atoms with Crippen LogP contribution in [0, 0.1) is 10.1 Å². The van der Waals surface area contributed by atoms with Gasteiger partial charge in [0.15, 0.2) is 0 Å². The normalized spacial score (nSPS) is 20.2. The minimum atomic E-state index is -2.83. The van der Waals surface area contributed by atoms with E-state index in [0.29, 0.717) is 13.0 Å². The number of nitro benzene ring substituents is 1. The number of hydrogen-bond acceptors (Lipinski definition) is 4. The Kier molecular flexibility index (Phi) is 4.46. The van der Waals surface area contributed by atoms with Crippen molar-refractivity contribution in [2.75, 3.05) is 13.1 Å². The zero-order valence-corrected chi connectivity index (χ0v) is 11.1. The van der Waals surface area contributed by atoms with E-state index >= 15 is 0 Å². The quantitative estimate of drug-likeness (QED) is 0.633. The molecule has 0 radical (unpaired) electrons. The standard InChI is InChI=1S/C13H15F2N3O3/c14-13(15)7-11(17-8-13)12(19)16-6-5-9-1-3-10(4-2-9)18(20)21/h1-4,11,17H,5-8H2,(H,16,19). The third-order valence-corrected chi connectivity index (χ3v) is 3.29. The van der Waals surface area contributed by atoms with E-state index in [1.54, 1.807) is 12.1 Å². The molecule has 1 heterocycles. The molecule has 8 heteroatoms. The number of nitrogens with zero attached hydrogens (tertiary/aromatic N) is 1. The Balaban J connectivity index is 1.76. The first-order chi connectivity index (χ1) is 9.87. The number of non-ortho nitro benzene ring substituents is 1. The van der Waals surface area contributed by atoms with Gasteiger partial charge in [0.2, 0.25) is 5.91 Å². The molecule has 6 nitrogen and oxygen atoms in total. The minimum absolute atomic E-state index is 0.000160. The molecule has 0 aliphatic carbocycles. The van der Waals surface area contributed by atoms with E-state index in [9.17, 15) is 23.7 Å². The zero-order valence-electron chi connectivity index (χ0n) is 11.1. The van der Waals surface area contributed by atoms with Gasteiger partial charge >= 0.3 is 0 Å². The topological polar surface area (TPSA) is 84.3 Å². The lowest BCUT2D eigenvalue weighted by Crippen LogP contribution is -2.41. The molecular formula is C13H15F2N3O3. The van der Waals surface area contributed by atoms with E-state index in [0.717, 1.165) is 5.56 Å². The number of alkyl halides is 2. The molecule has 1 aliphatic heterocycles. The van der Waals surface area contributed by atoms with E-state index in [4.69, 9.17) is 0 Å². The predicted octanol–water partition coefficient (Wildman–Crippen LogP) is 1.25. The third kappa shape index (κ3) is 4.19. The molecule has 2 rings (SSSR count). The molecule has 0 spiro atoms. The van der Waals surface area contributed by atoms with Crippen molar-refractivity contribution in [3.05, 3.63) is 39.9 Å². The van der Waals surface area contributed by atoms with E-state index in [1.165, 1.54) is 12.1 Å². The number of halogens is 2. The van der Waals surface area contributed by atoms with Gasteiger partial charge in [-0.3, -0.25) is 20.2 Å². The van der Waals surface area contributed by atoms with Crippen molar-refractivity contribution in [1.29, 1.82) is 0 Å². The summed E-state index contributed by atoms with van der Waals surface area (Å²) in [6.07, 6.45) is -0.0107. The Morgan fingerprint density at radius 1 is 1.43 bits per heavy atom. The molecule has 1 unspecified atom stereocenters. The lowest BCUT2D eigenvalue weighted by atomic mass is 10.1. The molecule has 0 saturated carbocycles. The Hall–Kier alpha value is -2.09. The van der Waals surface area contributed by atoms with Crippen molar-refractivity contribution in [1.82, 2.24) is 10.6 Å². The second-order valence-corrected chi connectivity index (χ2v) is 4.96. The van der Waals surface area contributed by atoms with Crippen molar-refractivity contribution < 1.29 is 18.5 Å². The molecule has 1 aliphatic rings. The number of hydrogen-bond donors (Lipinski definition) is 2. The summed E-state index contributed by atoms with van der Waals surface area (Å²) in [4.78, 5) is 21.7. The Labute approximate surface area is 119 Å². The van der Waals surface area contributed by atoms with Crippen LogP contribution in [-0.4, -0.2) is 35.9 Å². The molecule has 114 valence electrons. The van der Waals surface area contributed by atoms with Crippen LogP contribution in [-0.2, 0) is 11.2 Å². The summed E-state index contributed by atoms with van der Waals surface area (Å²) >= 11 is 0. The van der Waals surface area contributed by atoms with Crippen molar-refractivity contribution >= 4 is 11.6 Å². The third-order valence-electron chi connectivity index (χ3n) is 3.29. The fourth-order valence-corrected chi connectivity index (χ4v) is 2.14. The average molecular weight is 299 g/mol. The molecule has 2 N–H and O–H groups in total. The monoisotopic (exact) mass is 299 g/mol. The Bertz CT molecular complexity index is 534. The predicted molar refractivity (Wildman–Crippen MR) is 71.2 cm³/mol. The van der Waals surface area contributed by atoms with Gasteiger partial charge < -0.3 is 5.32 Å². The molecule has 1 atom stereocenters. The van der Waals surface area contributed by atoms with E-state index in [-0.39, 0.29) is 5.69 Å². The van der Waals surface area contributed by atoms with Crippen LogP contribution >= 0.6 is 0 Å². The highest BCUT2D eigenvalue weighted by molar-refractivity contribution is 5.82. The van der Waals surface area contributed by atoms with Crippen LogP contribution in [0.2, 0.25) is 0 Å². The second-order valence-electron chi connectivity index (χ2n) is 4.96. The van der Waals surface area contributed by atoms with Crippen LogP contribution < -0.4 is 10.6 Å². The number of carbonyl (C=O) groups is 1. The maximum absolute atomic E-state index is 12.9. The molecule has 1 aromatic carbocycles. The van der Waals surface area contributed by atoms with E-state index < -0.39 is 35.8 Å². The summed E-state index contributed by atoms with van der Waals surface area (Å²) < 4.78 is 25.9. The number of rotatable bonds is 5.